The van der Waals surface area contributed by atoms with Crippen molar-refractivity contribution in [3.8, 4) is 11.5 Å². The Morgan fingerprint density at radius 3 is 1.37 bits per heavy atom. The first-order valence-corrected chi connectivity index (χ1v) is 19.6. The average molecular weight is 709 g/mol. The number of ether oxygens (including phenoxy) is 7. The number of hydrogen-bond donors (Lipinski definition) is 2. The fourth-order valence-corrected chi connectivity index (χ4v) is 5.93. The van der Waals surface area contributed by atoms with Crippen molar-refractivity contribution in [1.82, 2.24) is 0 Å². The van der Waals surface area contributed by atoms with Crippen LogP contribution in [0.5, 0.6) is 11.5 Å². The summed E-state index contributed by atoms with van der Waals surface area (Å²) in [6.45, 7) is 8.03. The number of rotatable bonds is 36. The van der Waals surface area contributed by atoms with Crippen LogP contribution < -0.4 is 0 Å². The molecule has 0 aliphatic carbocycles. The quantitative estimate of drug-likeness (QED) is 0.0544. The van der Waals surface area contributed by atoms with Gasteiger partial charge in [0.1, 0.15) is 11.5 Å². The van der Waals surface area contributed by atoms with E-state index in [0.29, 0.717) is 92.3 Å². The van der Waals surface area contributed by atoms with Gasteiger partial charge >= 0.3 is 0 Å². The third-order valence-corrected chi connectivity index (χ3v) is 8.83. The fourth-order valence-electron chi connectivity index (χ4n) is 4.95. The summed E-state index contributed by atoms with van der Waals surface area (Å²) in [7, 11) is 0. The van der Waals surface area contributed by atoms with Crippen LogP contribution in [0.4, 0.5) is 0 Å². The third kappa shape index (κ3) is 27.5. The molecular formula is C39H64O9S. The predicted molar refractivity (Wildman–Crippen MR) is 198 cm³/mol. The first kappa shape index (κ1) is 43.3. The number of hydrogen-bond acceptors (Lipinski definition) is 10. The number of benzene rings is 2. The molecule has 49 heavy (non-hydrogen) atoms. The zero-order chi connectivity index (χ0) is 34.7. The first-order valence-electron chi connectivity index (χ1n) is 18.4. The molecule has 0 unspecified atom stereocenters. The van der Waals surface area contributed by atoms with Crippen LogP contribution in [-0.4, -0.2) is 108 Å². The zero-order valence-electron chi connectivity index (χ0n) is 29.9. The summed E-state index contributed by atoms with van der Waals surface area (Å²) in [5.41, 5.74) is 2.19. The lowest BCUT2D eigenvalue weighted by atomic mass is 10.1. The minimum Gasteiger partial charge on any atom is -0.508 e. The Bertz CT molecular complexity index is 982. The van der Waals surface area contributed by atoms with E-state index < -0.39 is 0 Å². The molecule has 0 aromatic heterocycles. The van der Waals surface area contributed by atoms with Gasteiger partial charge in [0.15, 0.2) is 0 Å². The molecule has 0 bridgehead atoms. The molecule has 2 aromatic carbocycles. The van der Waals surface area contributed by atoms with Gasteiger partial charge in [0.05, 0.1) is 79.3 Å². The van der Waals surface area contributed by atoms with Crippen LogP contribution in [0.15, 0.2) is 48.5 Å². The van der Waals surface area contributed by atoms with Gasteiger partial charge in [0, 0.05) is 19.0 Å². The maximum Gasteiger partial charge on any atom is 0.119 e. The summed E-state index contributed by atoms with van der Waals surface area (Å²) < 4.78 is 38.9. The lowest BCUT2D eigenvalue weighted by Gasteiger charge is -2.09. The second-order valence-corrected chi connectivity index (χ2v) is 13.0. The first-order chi connectivity index (χ1) is 24.3. The molecule has 0 fully saturated rings. The van der Waals surface area contributed by atoms with Gasteiger partial charge in [-0.1, -0.05) is 68.9 Å². The lowest BCUT2D eigenvalue weighted by Crippen LogP contribution is -2.14. The Labute approximate surface area is 300 Å². The van der Waals surface area contributed by atoms with E-state index in [0.717, 1.165) is 37.2 Å². The van der Waals surface area contributed by atoms with E-state index in [1.54, 1.807) is 6.07 Å². The fraction of sp³-hybridized carbons (Fsp3) is 0.692. The molecule has 0 saturated heterocycles. The predicted octanol–water partition coefficient (Wildman–Crippen LogP) is 7.59. The number of phenols is 2. The molecule has 2 aromatic rings. The maximum atomic E-state index is 9.78. The largest absolute Gasteiger partial charge is 0.508 e. The van der Waals surface area contributed by atoms with Crippen molar-refractivity contribution in [3.63, 3.8) is 0 Å². The summed E-state index contributed by atoms with van der Waals surface area (Å²) in [5.74, 6) is 2.80. The van der Waals surface area contributed by atoms with Gasteiger partial charge in [-0.3, -0.25) is 0 Å². The number of aryl methyl sites for hydroxylation is 1. The molecule has 0 saturated carbocycles. The molecule has 0 atom stereocenters. The molecule has 280 valence electrons. The Hall–Kier alpha value is -1.89. The average Bonchev–Trinajstić information content (AvgIpc) is 3.11. The van der Waals surface area contributed by atoms with Gasteiger partial charge in [-0.2, -0.15) is 11.8 Å². The molecular weight excluding hydrogens is 644 g/mol. The monoisotopic (exact) mass is 708 g/mol. The number of phenolic OH excluding ortho intramolecular Hbond substituents is 2. The molecule has 0 radical (unpaired) electrons. The van der Waals surface area contributed by atoms with Crippen LogP contribution in [0.2, 0.25) is 0 Å². The van der Waals surface area contributed by atoms with Crippen LogP contribution in [0.3, 0.4) is 0 Å². The van der Waals surface area contributed by atoms with Crippen LogP contribution in [-0.2, 0) is 45.3 Å². The van der Waals surface area contributed by atoms with E-state index in [-0.39, 0.29) is 11.5 Å². The van der Waals surface area contributed by atoms with E-state index >= 15 is 0 Å². The zero-order valence-corrected chi connectivity index (χ0v) is 30.7. The van der Waals surface area contributed by atoms with Crippen LogP contribution in [0.25, 0.3) is 0 Å². The van der Waals surface area contributed by atoms with Crippen molar-refractivity contribution in [3.05, 3.63) is 59.7 Å². The number of thioether (sulfide) groups is 1. The van der Waals surface area contributed by atoms with E-state index in [2.05, 4.69) is 42.1 Å². The molecule has 2 rings (SSSR count). The summed E-state index contributed by atoms with van der Waals surface area (Å²) in [5, 5.41) is 19.3. The highest BCUT2D eigenvalue weighted by atomic mass is 32.2. The Balaban J connectivity index is 1.15. The van der Waals surface area contributed by atoms with E-state index in [1.165, 1.54) is 68.4 Å². The van der Waals surface area contributed by atoms with Gasteiger partial charge in [-0.05, 0) is 67.2 Å². The van der Waals surface area contributed by atoms with Gasteiger partial charge < -0.3 is 43.4 Å². The van der Waals surface area contributed by atoms with Gasteiger partial charge in [-0.15, -0.1) is 0 Å². The van der Waals surface area contributed by atoms with Crippen LogP contribution in [0.1, 0.15) is 75.3 Å². The van der Waals surface area contributed by atoms with Crippen molar-refractivity contribution in [2.45, 2.75) is 76.4 Å². The van der Waals surface area contributed by atoms with Gasteiger partial charge in [0.25, 0.3) is 0 Å². The molecule has 0 aliphatic rings. The highest BCUT2D eigenvalue weighted by molar-refractivity contribution is 7.98. The molecule has 2 N–H and O–H groups in total. The highest BCUT2D eigenvalue weighted by Gasteiger charge is 2.03. The minimum absolute atomic E-state index is 0.171. The third-order valence-electron chi connectivity index (χ3n) is 7.72. The van der Waals surface area contributed by atoms with Crippen molar-refractivity contribution < 1.29 is 43.4 Å². The van der Waals surface area contributed by atoms with Gasteiger partial charge in [-0.25, -0.2) is 0 Å². The van der Waals surface area contributed by atoms with E-state index in [4.69, 9.17) is 33.2 Å². The topological polar surface area (TPSA) is 105 Å². The van der Waals surface area contributed by atoms with E-state index in [1.807, 2.05) is 0 Å². The van der Waals surface area contributed by atoms with Crippen molar-refractivity contribution in [2.24, 2.45) is 0 Å². The second-order valence-electron chi connectivity index (χ2n) is 11.9. The van der Waals surface area contributed by atoms with Crippen LogP contribution in [0, 0.1) is 0 Å². The smallest absolute Gasteiger partial charge is 0.119 e. The molecule has 10 heteroatoms. The summed E-state index contributed by atoms with van der Waals surface area (Å²) in [4.78, 5) is 0. The summed E-state index contributed by atoms with van der Waals surface area (Å²) in [6.07, 6.45) is 12.9. The highest BCUT2D eigenvalue weighted by Crippen LogP contribution is 2.23. The molecule has 0 aliphatic heterocycles. The summed E-state index contributed by atoms with van der Waals surface area (Å²) >= 11 is 2.05. The minimum atomic E-state index is 0.171. The number of aromatic hydroxyl groups is 2. The Kier molecular flexibility index (Phi) is 29.4. The maximum absolute atomic E-state index is 9.78. The van der Waals surface area contributed by atoms with Crippen LogP contribution >= 0.6 is 11.8 Å². The summed E-state index contributed by atoms with van der Waals surface area (Å²) in [6, 6.07) is 15.3. The molecule has 0 heterocycles. The second kappa shape index (κ2) is 33.3. The van der Waals surface area contributed by atoms with E-state index in [9.17, 15) is 10.2 Å². The number of unbranched alkanes of at least 4 members (excludes halogenated alkanes) is 8. The lowest BCUT2D eigenvalue weighted by molar-refractivity contribution is -0.0206. The Morgan fingerprint density at radius 1 is 0.429 bits per heavy atom. The normalized spacial score (nSPS) is 11.4. The molecule has 9 nitrogen and oxygen atoms in total. The molecule has 0 amide bonds. The standard InChI is InChI=1S/C39H64O9S/c40-38-17-18-39(41)37(34-38)16-10-12-20-43-22-24-45-26-28-47-30-32-48-31-29-46-27-25-44-23-21-42-19-11-5-3-1-2-4-6-13-33-49-35-36-14-8-7-9-15-36/h7-9,14-15,17-18,34,40-41H,1-6,10-13,16,19-33,35H2. The molecule has 0 spiro atoms. The van der Waals surface area contributed by atoms with Crippen molar-refractivity contribution in [1.29, 1.82) is 0 Å². The Morgan fingerprint density at radius 2 is 0.857 bits per heavy atom. The SMILES string of the molecule is Oc1ccc(O)c(CCCCOCCOCCOCCOCCOCCOCCOCCCCCCCCCCSCc2ccccc2)c1. The van der Waals surface area contributed by atoms with Crippen molar-refractivity contribution in [2.75, 3.05) is 98.2 Å². The van der Waals surface area contributed by atoms with Crippen molar-refractivity contribution >= 4 is 11.8 Å². The van der Waals surface area contributed by atoms with Gasteiger partial charge in [0.2, 0.25) is 0 Å².